The highest BCUT2D eigenvalue weighted by Gasteiger charge is 2.39. The first-order valence-electron chi connectivity index (χ1n) is 12.3. The summed E-state index contributed by atoms with van der Waals surface area (Å²) in [6, 6.07) is 0. The second-order valence-electron chi connectivity index (χ2n) is 12.3. The van der Waals surface area contributed by atoms with Gasteiger partial charge in [0.1, 0.15) is 5.78 Å². The quantitative estimate of drug-likeness (QED) is 0.193. The summed E-state index contributed by atoms with van der Waals surface area (Å²) >= 11 is 0. The Kier molecular flexibility index (Phi) is 12.3. The molecule has 0 aliphatic rings. The van der Waals surface area contributed by atoms with Crippen molar-refractivity contribution in [3.63, 3.8) is 0 Å². The molecule has 0 aromatic heterocycles. The zero-order valence-corrected chi connectivity index (χ0v) is 24.5. The molecule has 0 bridgehead atoms. The fourth-order valence-electron chi connectivity index (χ4n) is 3.08. The number of hydrogen-bond donors (Lipinski definition) is 0. The van der Waals surface area contributed by atoms with Crippen LogP contribution < -0.4 is 0 Å². The van der Waals surface area contributed by atoms with Crippen LogP contribution >= 0.6 is 0 Å². The van der Waals surface area contributed by atoms with E-state index >= 15 is 0 Å². The van der Waals surface area contributed by atoms with Crippen molar-refractivity contribution in [2.75, 3.05) is 0 Å². The number of carbonyl (C=O) groups excluding carboxylic acids is 1. The Labute approximate surface area is 191 Å². The molecule has 0 fully saturated rings. The van der Waals surface area contributed by atoms with Crippen molar-refractivity contribution in [1.82, 2.24) is 0 Å². The predicted molar refractivity (Wildman–Crippen MR) is 137 cm³/mol. The van der Waals surface area contributed by atoms with E-state index in [4.69, 9.17) is 8.85 Å². The molecule has 0 saturated heterocycles. The highest BCUT2D eigenvalue weighted by molar-refractivity contribution is 6.74. The third kappa shape index (κ3) is 11.1. The molecule has 0 rings (SSSR count). The summed E-state index contributed by atoms with van der Waals surface area (Å²) in [4.78, 5) is 12.3. The summed E-state index contributed by atoms with van der Waals surface area (Å²) in [5.41, 5.74) is 0. The molecule has 5 heteroatoms. The van der Waals surface area contributed by atoms with Gasteiger partial charge in [0.15, 0.2) is 16.6 Å². The van der Waals surface area contributed by atoms with Gasteiger partial charge in [-0.05, 0) is 75.3 Å². The summed E-state index contributed by atoms with van der Waals surface area (Å²) in [5, 5.41) is 0.490. The van der Waals surface area contributed by atoms with Gasteiger partial charge in [0, 0.05) is 25.0 Å². The minimum atomic E-state index is -1.71. The lowest BCUT2D eigenvalue weighted by atomic mass is 10.0. The zero-order chi connectivity index (χ0) is 23.8. The van der Waals surface area contributed by atoms with Crippen LogP contribution in [0.1, 0.15) is 107 Å². The van der Waals surface area contributed by atoms with Crippen LogP contribution in [0.4, 0.5) is 0 Å². The first-order chi connectivity index (χ1) is 13.4. The van der Waals surface area contributed by atoms with E-state index in [1.807, 2.05) is 0 Å². The van der Waals surface area contributed by atoms with Crippen molar-refractivity contribution < 1.29 is 13.6 Å². The number of ketones is 1. The van der Waals surface area contributed by atoms with Crippen LogP contribution in [0.5, 0.6) is 0 Å². The number of hydrogen-bond acceptors (Lipinski definition) is 3. The van der Waals surface area contributed by atoms with Crippen LogP contribution in [0.2, 0.25) is 36.3 Å². The molecule has 1 unspecified atom stereocenters. The summed E-state index contributed by atoms with van der Waals surface area (Å²) < 4.78 is 13.0. The van der Waals surface area contributed by atoms with Gasteiger partial charge in [-0.15, -0.1) is 0 Å². The van der Waals surface area contributed by atoms with Crippen molar-refractivity contribution in [1.29, 1.82) is 0 Å². The molecule has 0 aliphatic heterocycles. The Bertz CT molecular complexity index is 502. The van der Waals surface area contributed by atoms with Gasteiger partial charge in [0.25, 0.3) is 0 Å². The maximum Gasteiger partial charge on any atom is 0.192 e. The molecular weight excluding hydrogens is 404 g/mol. The van der Waals surface area contributed by atoms with E-state index in [-0.39, 0.29) is 16.2 Å². The maximum absolute atomic E-state index is 12.3. The van der Waals surface area contributed by atoms with Gasteiger partial charge in [0.05, 0.1) is 0 Å². The minimum absolute atomic E-state index is 0.238. The molecule has 3 nitrogen and oxygen atoms in total. The SMILES string of the molecule is CCC(CCCCC(=O)CCC[C@H](C)O[Si](C)(C)C(C)(C)C)O[Si](C)(C)C(C)(C)C. The smallest absolute Gasteiger partial charge is 0.192 e. The van der Waals surface area contributed by atoms with Crippen LogP contribution in [0.3, 0.4) is 0 Å². The molecule has 0 amide bonds. The maximum atomic E-state index is 12.3. The molecule has 0 aromatic rings. The molecule has 0 N–H and O–H groups in total. The summed E-state index contributed by atoms with van der Waals surface area (Å²) in [6.07, 6.45) is 8.15. The van der Waals surface area contributed by atoms with Gasteiger partial charge in [-0.25, -0.2) is 0 Å². The van der Waals surface area contributed by atoms with Crippen molar-refractivity contribution in [2.24, 2.45) is 0 Å². The largest absolute Gasteiger partial charge is 0.414 e. The van der Waals surface area contributed by atoms with E-state index in [1.165, 1.54) is 0 Å². The first kappa shape index (κ1) is 30.0. The predicted octanol–water partition coefficient (Wildman–Crippen LogP) is 8.50. The Morgan fingerprint density at radius 2 is 1.23 bits per heavy atom. The van der Waals surface area contributed by atoms with Gasteiger partial charge >= 0.3 is 0 Å². The van der Waals surface area contributed by atoms with Gasteiger partial charge in [0.2, 0.25) is 0 Å². The molecule has 2 atom stereocenters. The molecule has 0 heterocycles. The first-order valence-corrected chi connectivity index (χ1v) is 18.1. The lowest BCUT2D eigenvalue weighted by molar-refractivity contribution is -0.119. The fourth-order valence-corrected chi connectivity index (χ4v) is 6.03. The molecule has 180 valence electrons. The van der Waals surface area contributed by atoms with E-state index in [0.717, 1.165) is 38.5 Å². The van der Waals surface area contributed by atoms with E-state index < -0.39 is 16.6 Å². The van der Waals surface area contributed by atoms with E-state index in [0.29, 0.717) is 24.7 Å². The van der Waals surface area contributed by atoms with Crippen molar-refractivity contribution in [2.45, 2.75) is 155 Å². The van der Waals surface area contributed by atoms with Crippen LogP contribution in [-0.2, 0) is 13.6 Å². The van der Waals surface area contributed by atoms with Gasteiger partial charge in [-0.3, -0.25) is 4.79 Å². The summed E-state index contributed by atoms with van der Waals surface area (Å²) in [5.74, 6) is 0.410. The van der Waals surface area contributed by atoms with Gasteiger partial charge < -0.3 is 8.85 Å². The standard InChI is InChI=1S/C25H54O3Si2/c1-13-23(28-30(11,12)25(6,7)8)20-15-14-18-22(26)19-16-17-21(2)27-29(9,10)24(3,4)5/h21,23H,13-20H2,1-12H3/t21-,23?/m0/s1. The third-order valence-electron chi connectivity index (χ3n) is 7.32. The topological polar surface area (TPSA) is 35.5 Å². The van der Waals surface area contributed by atoms with Crippen molar-refractivity contribution in [3.8, 4) is 0 Å². The Morgan fingerprint density at radius 3 is 1.70 bits per heavy atom. The van der Waals surface area contributed by atoms with E-state index in [1.54, 1.807) is 0 Å². The number of Topliss-reactive ketones (excluding diaryl/α,β-unsaturated/α-hetero) is 1. The third-order valence-corrected chi connectivity index (χ3v) is 16.5. The number of rotatable bonds is 14. The lowest BCUT2D eigenvalue weighted by Crippen LogP contribution is -2.43. The highest BCUT2D eigenvalue weighted by Crippen LogP contribution is 2.38. The van der Waals surface area contributed by atoms with Crippen LogP contribution in [0.25, 0.3) is 0 Å². The molecule has 0 aromatic carbocycles. The second-order valence-corrected chi connectivity index (χ2v) is 21.8. The van der Waals surface area contributed by atoms with Gasteiger partial charge in [-0.2, -0.15) is 0 Å². The average molecular weight is 459 g/mol. The van der Waals surface area contributed by atoms with Gasteiger partial charge in [-0.1, -0.05) is 54.9 Å². The summed E-state index contributed by atoms with van der Waals surface area (Å²) in [6.45, 7) is 27.3. The molecule has 0 spiro atoms. The fraction of sp³-hybridized carbons (Fsp3) is 0.960. The van der Waals surface area contributed by atoms with Crippen LogP contribution in [0, 0.1) is 0 Å². The van der Waals surface area contributed by atoms with Crippen LogP contribution in [0.15, 0.2) is 0 Å². The highest BCUT2D eigenvalue weighted by atomic mass is 28.4. The minimum Gasteiger partial charge on any atom is -0.414 e. The molecule has 0 radical (unpaired) electrons. The Morgan fingerprint density at radius 1 is 0.767 bits per heavy atom. The molecule has 0 aliphatic carbocycles. The Balaban J connectivity index is 4.13. The number of carbonyl (C=O) groups is 1. The normalized spacial score (nSPS) is 15.9. The monoisotopic (exact) mass is 458 g/mol. The van der Waals surface area contributed by atoms with E-state index in [2.05, 4.69) is 81.6 Å². The second kappa shape index (κ2) is 12.3. The lowest BCUT2D eigenvalue weighted by Gasteiger charge is -2.39. The molecular formula is C25H54O3Si2. The summed E-state index contributed by atoms with van der Waals surface area (Å²) in [7, 11) is -3.41. The van der Waals surface area contributed by atoms with Crippen molar-refractivity contribution in [3.05, 3.63) is 0 Å². The van der Waals surface area contributed by atoms with Crippen LogP contribution in [-0.4, -0.2) is 34.6 Å². The zero-order valence-electron chi connectivity index (χ0n) is 22.5. The number of unbranched alkanes of at least 4 members (excludes halogenated alkanes) is 1. The molecule has 30 heavy (non-hydrogen) atoms. The van der Waals surface area contributed by atoms with Crippen molar-refractivity contribution >= 4 is 22.4 Å². The molecule has 0 saturated carbocycles. The Hall–Kier alpha value is 0.0238. The average Bonchev–Trinajstić information content (AvgIpc) is 2.54. The van der Waals surface area contributed by atoms with E-state index in [9.17, 15) is 4.79 Å².